The lowest BCUT2D eigenvalue weighted by Gasteiger charge is -2.36. The second-order valence-electron chi connectivity index (χ2n) is 3.94. The summed E-state index contributed by atoms with van der Waals surface area (Å²) in [7, 11) is 0. The maximum atomic E-state index is 12.6. The number of alkyl halides is 9. The standard InChI is InChI=1S/C10H5F9N2O/c11-8(12,13)7(9(14,15)16,10(17,18)19)6(22)21-5-2-1-3-20-4-5/h1-4H,(H,21,22). The molecule has 1 heterocycles. The van der Waals surface area contributed by atoms with Crippen LogP contribution in [0.15, 0.2) is 24.5 Å². The van der Waals surface area contributed by atoms with E-state index in [-0.39, 0.29) is 0 Å². The van der Waals surface area contributed by atoms with Gasteiger partial charge in [0.25, 0.3) is 5.91 Å². The Morgan fingerprint density at radius 1 is 0.909 bits per heavy atom. The van der Waals surface area contributed by atoms with Crippen molar-refractivity contribution >= 4 is 11.6 Å². The van der Waals surface area contributed by atoms with Crippen molar-refractivity contribution in [1.82, 2.24) is 4.98 Å². The number of pyridine rings is 1. The van der Waals surface area contributed by atoms with Gasteiger partial charge in [-0.1, -0.05) is 0 Å². The van der Waals surface area contributed by atoms with Crippen LogP contribution in [0.3, 0.4) is 0 Å². The lowest BCUT2D eigenvalue weighted by atomic mass is 9.84. The molecule has 1 aromatic rings. The van der Waals surface area contributed by atoms with E-state index in [2.05, 4.69) is 4.98 Å². The number of hydrogen-bond acceptors (Lipinski definition) is 2. The van der Waals surface area contributed by atoms with Crippen molar-refractivity contribution in [1.29, 1.82) is 0 Å². The molecule has 3 nitrogen and oxygen atoms in total. The van der Waals surface area contributed by atoms with Crippen LogP contribution >= 0.6 is 0 Å². The molecule has 0 atom stereocenters. The first kappa shape index (κ1) is 18.0. The largest absolute Gasteiger partial charge is 0.421 e. The highest BCUT2D eigenvalue weighted by molar-refractivity contribution is 5.97. The molecule has 0 unspecified atom stereocenters. The number of aromatic nitrogens is 1. The molecular formula is C10H5F9N2O. The Bertz CT molecular complexity index is 496. The minimum absolute atomic E-state index is 0.589. The normalized spacial score (nSPS) is 13.9. The zero-order valence-electron chi connectivity index (χ0n) is 10.1. The van der Waals surface area contributed by atoms with E-state index in [1.165, 1.54) is 0 Å². The number of hydrogen-bond donors (Lipinski definition) is 1. The highest BCUT2D eigenvalue weighted by atomic mass is 19.4. The fourth-order valence-electron chi connectivity index (χ4n) is 1.53. The Labute approximate surface area is 116 Å². The molecule has 12 heteroatoms. The second kappa shape index (κ2) is 5.32. The molecule has 1 amide bonds. The summed E-state index contributed by atoms with van der Waals surface area (Å²) in [5, 5.41) is 0.941. The third-order valence-electron chi connectivity index (χ3n) is 2.54. The van der Waals surface area contributed by atoms with E-state index in [4.69, 9.17) is 0 Å². The van der Waals surface area contributed by atoms with Gasteiger partial charge >= 0.3 is 23.9 Å². The highest BCUT2D eigenvalue weighted by Crippen LogP contribution is 2.59. The van der Waals surface area contributed by atoms with Crippen molar-refractivity contribution in [3.63, 3.8) is 0 Å². The maximum absolute atomic E-state index is 12.6. The number of anilines is 1. The fourth-order valence-corrected chi connectivity index (χ4v) is 1.53. The molecule has 1 aromatic heterocycles. The first-order valence-corrected chi connectivity index (χ1v) is 5.17. The van der Waals surface area contributed by atoms with Crippen molar-refractivity contribution in [2.45, 2.75) is 18.5 Å². The summed E-state index contributed by atoms with van der Waals surface area (Å²) in [6.07, 6.45) is -19.2. The Hall–Kier alpha value is -2.01. The van der Waals surface area contributed by atoms with Gasteiger partial charge in [0.2, 0.25) is 0 Å². The quantitative estimate of drug-likeness (QED) is 0.835. The lowest BCUT2D eigenvalue weighted by molar-refractivity contribution is -0.405. The lowest BCUT2D eigenvalue weighted by Crippen LogP contribution is -2.65. The van der Waals surface area contributed by atoms with Crippen molar-refractivity contribution in [3.8, 4) is 0 Å². The molecule has 0 aromatic carbocycles. The van der Waals surface area contributed by atoms with Gasteiger partial charge in [0.15, 0.2) is 0 Å². The number of rotatable bonds is 2. The van der Waals surface area contributed by atoms with Gasteiger partial charge in [-0.15, -0.1) is 0 Å². The summed E-state index contributed by atoms with van der Waals surface area (Å²) in [4.78, 5) is 14.5. The van der Waals surface area contributed by atoms with Crippen molar-refractivity contribution in [2.75, 3.05) is 5.32 Å². The molecular weight excluding hydrogens is 335 g/mol. The average Bonchev–Trinajstić information content (AvgIpc) is 2.24. The van der Waals surface area contributed by atoms with Crippen LogP contribution in [0.2, 0.25) is 0 Å². The Morgan fingerprint density at radius 2 is 1.36 bits per heavy atom. The van der Waals surface area contributed by atoms with Crippen LogP contribution in [0.25, 0.3) is 0 Å². The zero-order chi connectivity index (χ0) is 17.4. The van der Waals surface area contributed by atoms with Gasteiger partial charge in [-0.05, 0) is 12.1 Å². The Morgan fingerprint density at radius 3 is 1.68 bits per heavy atom. The van der Waals surface area contributed by atoms with Gasteiger partial charge in [0.05, 0.1) is 11.9 Å². The van der Waals surface area contributed by atoms with Crippen molar-refractivity contribution in [2.24, 2.45) is 5.41 Å². The third-order valence-corrected chi connectivity index (χ3v) is 2.54. The first-order chi connectivity index (χ1) is 9.75. The van der Waals surface area contributed by atoms with Crippen molar-refractivity contribution in [3.05, 3.63) is 24.5 Å². The van der Waals surface area contributed by atoms with Crippen molar-refractivity contribution < 1.29 is 44.3 Å². The predicted octanol–water partition coefficient (Wildman–Crippen LogP) is 3.69. The van der Waals surface area contributed by atoms with Crippen LogP contribution in [0.4, 0.5) is 45.2 Å². The van der Waals surface area contributed by atoms with Crippen LogP contribution < -0.4 is 5.32 Å². The number of nitrogens with one attached hydrogen (secondary N) is 1. The van der Waals surface area contributed by atoms with Crippen LogP contribution in [-0.2, 0) is 4.79 Å². The van der Waals surface area contributed by atoms with Gasteiger partial charge in [-0.25, -0.2) is 0 Å². The Balaban J connectivity index is 3.47. The number of carbonyl (C=O) groups excluding carboxylic acids is 1. The van der Waals surface area contributed by atoms with Gasteiger partial charge in [-0.3, -0.25) is 9.78 Å². The topological polar surface area (TPSA) is 42.0 Å². The van der Waals surface area contributed by atoms with Gasteiger partial charge in [-0.2, -0.15) is 39.5 Å². The molecule has 0 fully saturated rings. The summed E-state index contributed by atoms with van der Waals surface area (Å²) in [6, 6.07) is 1.77. The molecule has 0 spiro atoms. The molecule has 0 aliphatic rings. The molecule has 0 radical (unpaired) electrons. The molecule has 0 bridgehead atoms. The smallest absolute Gasteiger partial charge is 0.323 e. The van der Waals surface area contributed by atoms with Crippen LogP contribution in [-0.4, -0.2) is 29.4 Å². The summed E-state index contributed by atoms with van der Waals surface area (Å²) >= 11 is 0. The van der Waals surface area contributed by atoms with Gasteiger partial charge in [0.1, 0.15) is 0 Å². The molecule has 0 saturated carbocycles. The van der Waals surface area contributed by atoms with Gasteiger partial charge in [0, 0.05) is 6.20 Å². The number of amides is 1. The van der Waals surface area contributed by atoms with Crippen LogP contribution in [0.1, 0.15) is 0 Å². The number of carbonyl (C=O) groups is 1. The number of halogens is 9. The van der Waals surface area contributed by atoms with E-state index in [9.17, 15) is 44.3 Å². The van der Waals surface area contributed by atoms with E-state index < -0.39 is 35.5 Å². The highest BCUT2D eigenvalue weighted by Gasteiger charge is 2.88. The first-order valence-electron chi connectivity index (χ1n) is 5.17. The third kappa shape index (κ3) is 2.81. The minimum atomic E-state index is -6.95. The van der Waals surface area contributed by atoms with E-state index in [1.54, 1.807) is 0 Å². The fraction of sp³-hybridized carbons (Fsp3) is 0.400. The molecule has 1 N–H and O–H groups in total. The molecule has 22 heavy (non-hydrogen) atoms. The summed E-state index contributed by atoms with van der Waals surface area (Å²) < 4.78 is 113. The molecule has 0 aliphatic heterocycles. The van der Waals surface area contributed by atoms with Crippen LogP contribution in [0, 0.1) is 5.41 Å². The SMILES string of the molecule is O=C(Nc1cccnc1)C(C(F)(F)F)(C(F)(F)F)C(F)(F)F. The van der Waals surface area contributed by atoms with Gasteiger partial charge < -0.3 is 5.32 Å². The average molecular weight is 340 g/mol. The molecule has 124 valence electrons. The molecule has 0 aliphatic carbocycles. The van der Waals surface area contributed by atoms with Crippen LogP contribution in [0.5, 0.6) is 0 Å². The predicted molar refractivity (Wildman–Crippen MR) is 53.5 cm³/mol. The molecule has 1 rings (SSSR count). The maximum Gasteiger partial charge on any atom is 0.421 e. The molecule has 0 saturated heterocycles. The van der Waals surface area contributed by atoms with E-state index in [1.807, 2.05) is 0 Å². The van der Waals surface area contributed by atoms with E-state index in [0.717, 1.165) is 23.6 Å². The summed E-state index contributed by atoms with van der Waals surface area (Å²) in [5.74, 6) is -3.31. The summed E-state index contributed by atoms with van der Waals surface area (Å²) in [5.41, 5.74) is -7.31. The second-order valence-corrected chi connectivity index (χ2v) is 3.94. The van der Waals surface area contributed by atoms with E-state index in [0.29, 0.717) is 6.20 Å². The van der Waals surface area contributed by atoms with E-state index >= 15 is 0 Å². The Kier molecular flexibility index (Phi) is 4.36. The summed E-state index contributed by atoms with van der Waals surface area (Å²) in [6.45, 7) is 0. The monoisotopic (exact) mass is 340 g/mol. The zero-order valence-corrected chi connectivity index (χ0v) is 10.1. The minimum Gasteiger partial charge on any atom is -0.323 e. The number of nitrogens with zero attached hydrogens (tertiary/aromatic N) is 1.